The summed E-state index contributed by atoms with van der Waals surface area (Å²) >= 11 is 0. The lowest BCUT2D eigenvalue weighted by molar-refractivity contribution is 0.241. The molecular weight excluding hydrogens is 389 g/mol. The molecule has 2 amide bonds. The molecule has 8 nitrogen and oxygen atoms in total. The Morgan fingerprint density at radius 3 is 2.57 bits per heavy atom. The van der Waals surface area contributed by atoms with Crippen LogP contribution in [0.4, 0.5) is 20.8 Å². The van der Waals surface area contributed by atoms with Gasteiger partial charge in [0.15, 0.2) is 0 Å². The largest absolute Gasteiger partial charge is 0.459 e. The first-order valence-corrected chi connectivity index (χ1v) is 9.74. The van der Waals surface area contributed by atoms with Crippen molar-refractivity contribution in [2.75, 3.05) is 17.2 Å². The lowest BCUT2D eigenvalue weighted by Gasteiger charge is -2.21. The molecule has 2 aromatic heterocycles. The number of hydrogen-bond acceptors (Lipinski definition) is 6. The molecule has 4 N–H and O–H groups in total. The van der Waals surface area contributed by atoms with Crippen LogP contribution in [0.3, 0.4) is 0 Å². The number of rotatable bonds is 7. The molecule has 0 aliphatic heterocycles. The quantitative estimate of drug-likeness (QED) is 0.464. The van der Waals surface area contributed by atoms with Crippen molar-refractivity contribution in [3.8, 4) is 0 Å². The van der Waals surface area contributed by atoms with Crippen molar-refractivity contribution in [1.29, 1.82) is 0 Å². The van der Waals surface area contributed by atoms with Crippen LogP contribution in [0.1, 0.15) is 38.1 Å². The van der Waals surface area contributed by atoms with Gasteiger partial charge in [-0.15, -0.1) is 0 Å². The number of nitrogens with zero attached hydrogens (tertiary/aromatic N) is 2. The van der Waals surface area contributed by atoms with E-state index in [9.17, 15) is 9.18 Å². The summed E-state index contributed by atoms with van der Waals surface area (Å²) in [5.74, 6) is 0.640. The zero-order valence-corrected chi connectivity index (χ0v) is 17.4. The van der Waals surface area contributed by atoms with Gasteiger partial charge in [0, 0.05) is 17.0 Å². The molecule has 3 aromatic rings. The number of carbonyl (C=O) groups is 1. The zero-order chi connectivity index (χ0) is 21.8. The second-order valence-electron chi connectivity index (χ2n) is 7.58. The van der Waals surface area contributed by atoms with Gasteiger partial charge in [0.2, 0.25) is 5.95 Å². The number of benzene rings is 1. The van der Waals surface area contributed by atoms with E-state index in [1.54, 1.807) is 13.0 Å². The van der Waals surface area contributed by atoms with Crippen molar-refractivity contribution >= 4 is 28.6 Å². The first-order valence-electron chi connectivity index (χ1n) is 9.74. The highest BCUT2D eigenvalue weighted by atomic mass is 19.1. The Balaban J connectivity index is 1.73. The standard InChI is InChI=1S/C21H26FN5O3/c1-11(2)18(19-13(4)16-7-14(22)5-6-17(16)30-19)27-21(29)26-15-8-23-20(24-9-15)25-12(3)10-28/h5-9,11-12,18,28H,10H2,1-4H3,(H,23,24,25)(H2,26,27,29)/t12-,18+/m1/s1. The molecule has 0 unspecified atom stereocenters. The fraction of sp³-hybridized carbons (Fsp3) is 0.381. The normalized spacial score (nSPS) is 13.3. The van der Waals surface area contributed by atoms with Crippen molar-refractivity contribution in [2.24, 2.45) is 5.92 Å². The van der Waals surface area contributed by atoms with Crippen LogP contribution in [0.2, 0.25) is 0 Å². The van der Waals surface area contributed by atoms with Gasteiger partial charge in [0.25, 0.3) is 0 Å². The van der Waals surface area contributed by atoms with Crippen molar-refractivity contribution in [1.82, 2.24) is 15.3 Å². The number of anilines is 2. The van der Waals surface area contributed by atoms with E-state index in [4.69, 9.17) is 9.52 Å². The van der Waals surface area contributed by atoms with Crippen molar-refractivity contribution < 1.29 is 18.7 Å². The predicted molar refractivity (Wildman–Crippen MR) is 113 cm³/mol. The van der Waals surface area contributed by atoms with E-state index in [0.717, 1.165) is 5.56 Å². The van der Waals surface area contributed by atoms with Crippen molar-refractivity contribution in [3.05, 3.63) is 47.7 Å². The number of halogens is 1. The van der Waals surface area contributed by atoms with Gasteiger partial charge in [-0.3, -0.25) is 0 Å². The Morgan fingerprint density at radius 1 is 1.23 bits per heavy atom. The average molecular weight is 415 g/mol. The molecule has 2 atom stereocenters. The number of aliphatic hydroxyl groups excluding tert-OH is 1. The molecule has 0 aliphatic carbocycles. The van der Waals surface area contributed by atoms with Crippen LogP contribution < -0.4 is 16.0 Å². The number of hydrogen-bond donors (Lipinski definition) is 4. The van der Waals surface area contributed by atoms with E-state index in [1.165, 1.54) is 24.5 Å². The number of carbonyl (C=O) groups excluding carboxylic acids is 1. The number of amides is 2. The summed E-state index contributed by atoms with van der Waals surface area (Å²) in [4.78, 5) is 20.8. The number of furan rings is 1. The Bertz CT molecular complexity index is 1020. The lowest BCUT2D eigenvalue weighted by Crippen LogP contribution is -2.35. The molecule has 0 fully saturated rings. The molecule has 2 heterocycles. The Morgan fingerprint density at radius 2 is 1.93 bits per heavy atom. The molecule has 0 spiro atoms. The molecule has 0 bridgehead atoms. The van der Waals surface area contributed by atoms with Crippen LogP contribution in [0.25, 0.3) is 11.0 Å². The molecule has 1 aromatic carbocycles. The van der Waals surface area contributed by atoms with Crippen molar-refractivity contribution in [3.63, 3.8) is 0 Å². The Labute approximate surface area is 173 Å². The van der Waals surface area contributed by atoms with Gasteiger partial charge < -0.3 is 25.5 Å². The molecule has 3 rings (SSSR count). The minimum Gasteiger partial charge on any atom is -0.459 e. The monoisotopic (exact) mass is 415 g/mol. The van der Waals surface area contributed by atoms with E-state index in [1.807, 2.05) is 20.8 Å². The van der Waals surface area contributed by atoms with Gasteiger partial charge in [-0.2, -0.15) is 0 Å². The van der Waals surface area contributed by atoms with E-state index in [2.05, 4.69) is 25.9 Å². The molecule has 0 saturated heterocycles. The number of aromatic nitrogens is 2. The maximum Gasteiger partial charge on any atom is 0.319 e. The van der Waals surface area contributed by atoms with E-state index in [-0.39, 0.29) is 24.4 Å². The van der Waals surface area contributed by atoms with Crippen LogP contribution in [0.5, 0.6) is 0 Å². The van der Waals surface area contributed by atoms with E-state index in [0.29, 0.717) is 28.4 Å². The summed E-state index contributed by atoms with van der Waals surface area (Å²) in [6.45, 7) is 7.52. The highest BCUT2D eigenvalue weighted by Crippen LogP contribution is 2.33. The maximum absolute atomic E-state index is 13.6. The van der Waals surface area contributed by atoms with Gasteiger partial charge in [-0.05, 0) is 38.0 Å². The van der Waals surface area contributed by atoms with Gasteiger partial charge >= 0.3 is 6.03 Å². The summed E-state index contributed by atoms with van der Waals surface area (Å²) < 4.78 is 19.5. The predicted octanol–water partition coefficient (Wildman–Crippen LogP) is 3.98. The zero-order valence-electron chi connectivity index (χ0n) is 17.4. The summed E-state index contributed by atoms with van der Waals surface area (Å²) in [5, 5.41) is 18.3. The van der Waals surface area contributed by atoms with Crippen LogP contribution in [0.15, 0.2) is 35.0 Å². The number of fused-ring (bicyclic) bond motifs is 1. The van der Waals surface area contributed by atoms with Gasteiger partial charge in [0.05, 0.1) is 30.7 Å². The highest BCUT2D eigenvalue weighted by molar-refractivity contribution is 5.89. The molecule has 9 heteroatoms. The SMILES string of the molecule is Cc1c([C@@H](NC(=O)Nc2cnc(N[C@H](C)CO)nc2)C(C)C)oc2ccc(F)cc12. The first-order chi connectivity index (χ1) is 14.3. The lowest BCUT2D eigenvalue weighted by atomic mass is 9.98. The average Bonchev–Trinajstić information content (AvgIpc) is 3.03. The molecular formula is C21H26FN5O3. The molecule has 0 radical (unpaired) electrons. The fourth-order valence-corrected chi connectivity index (χ4v) is 3.09. The second kappa shape index (κ2) is 9.08. The topological polar surface area (TPSA) is 112 Å². The fourth-order valence-electron chi connectivity index (χ4n) is 3.09. The minimum atomic E-state index is -0.437. The third-order valence-electron chi connectivity index (χ3n) is 4.73. The van der Waals surface area contributed by atoms with Gasteiger partial charge in [0.1, 0.15) is 17.2 Å². The molecule has 0 saturated carbocycles. The summed E-state index contributed by atoms with van der Waals surface area (Å²) in [5.41, 5.74) is 1.78. The smallest absolute Gasteiger partial charge is 0.319 e. The summed E-state index contributed by atoms with van der Waals surface area (Å²) in [6.07, 6.45) is 2.94. The third-order valence-corrected chi connectivity index (χ3v) is 4.73. The van der Waals surface area contributed by atoms with Crippen LogP contribution in [0, 0.1) is 18.7 Å². The summed E-state index contributed by atoms with van der Waals surface area (Å²) in [6, 6.07) is 3.34. The number of aryl methyl sites for hydroxylation is 1. The van der Waals surface area contributed by atoms with Crippen molar-refractivity contribution in [2.45, 2.75) is 39.8 Å². The second-order valence-corrected chi connectivity index (χ2v) is 7.58. The van der Waals surface area contributed by atoms with Crippen LogP contribution in [-0.2, 0) is 0 Å². The first kappa shape index (κ1) is 21.5. The molecule has 30 heavy (non-hydrogen) atoms. The Kier molecular flexibility index (Phi) is 6.51. The summed E-state index contributed by atoms with van der Waals surface area (Å²) in [7, 11) is 0. The molecule has 0 aliphatic rings. The van der Waals surface area contributed by atoms with E-state index < -0.39 is 12.1 Å². The maximum atomic E-state index is 13.6. The number of urea groups is 1. The number of nitrogens with one attached hydrogen (secondary N) is 3. The Hall–Kier alpha value is -3.20. The van der Waals surface area contributed by atoms with E-state index >= 15 is 0 Å². The number of aliphatic hydroxyl groups is 1. The van der Waals surface area contributed by atoms with Gasteiger partial charge in [-0.1, -0.05) is 13.8 Å². The van der Waals surface area contributed by atoms with Crippen LogP contribution in [-0.4, -0.2) is 33.8 Å². The van der Waals surface area contributed by atoms with Gasteiger partial charge in [-0.25, -0.2) is 19.2 Å². The highest BCUT2D eigenvalue weighted by Gasteiger charge is 2.25. The minimum absolute atomic E-state index is 0.0302. The molecule has 160 valence electrons. The third kappa shape index (κ3) is 4.85. The van der Waals surface area contributed by atoms with Crippen LogP contribution >= 0.6 is 0 Å².